The number of pyridine rings is 1. The summed E-state index contributed by atoms with van der Waals surface area (Å²) >= 11 is 0. The first-order chi connectivity index (χ1) is 16.2. The summed E-state index contributed by atoms with van der Waals surface area (Å²) < 4.78 is 45.7. The zero-order chi connectivity index (χ0) is 24.5. The predicted molar refractivity (Wildman–Crippen MR) is 120 cm³/mol. The van der Waals surface area contributed by atoms with Crippen LogP contribution in [0.15, 0.2) is 65.8 Å². The molecule has 0 atom stereocenters. The molecule has 0 aliphatic carbocycles. The standard InChI is InChI=1S/C22H17F3N6O3/c1-34-16-9-12(22(23,24)25)8-14(10-16)30-21(33)29-13-2-4-15(5-3-13)31-7-6-17(32)18-19(26)27-11-28-20(18)31/h2-11H,1H3,(H2,26,27,28)(H2,29,30,33). The van der Waals surface area contributed by atoms with Crippen molar-refractivity contribution in [2.24, 2.45) is 0 Å². The van der Waals surface area contributed by atoms with Gasteiger partial charge in [-0.25, -0.2) is 14.8 Å². The molecule has 4 aromatic rings. The minimum Gasteiger partial charge on any atom is -0.497 e. The maximum absolute atomic E-state index is 13.1. The first-order valence-corrected chi connectivity index (χ1v) is 9.72. The molecule has 0 fully saturated rings. The van der Waals surface area contributed by atoms with Crippen LogP contribution in [-0.2, 0) is 6.18 Å². The number of amides is 2. The second-order valence-electron chi connectivity index (χ2n) is 7.08. The van der Waals surface area contributed by atoms with E-state index in [1.807, 2.05) is 0 Å². The van der Waals surface area contributed by atoms with E-state index in [1.165, 1.54) is 31.8 Å². The highest BCUT2D eigenvalue weighted by molar-refractivity contribution is 6.00. The second-order valence-corrected chi connectivity index (χ2v) is 7.08. The number of benzene rings is 2. The van der Waals surface area contributed by atoms with Gasteiger partial charge in [0.15, 0.2) is 11.1 Å². The molecule has 2 heterocycles. The van der Waals surface area contributed by atoms with Gasteiger partial charge in [-0.05, 0) is 36.4 Å². The number of nitrogens with one attached hydrogen (secondary N) is 2. The molecule has 0 unspecified atom stereocenters. The van der Waals surface area contributed by atoms with Crippen molar-refractivity contribution < 1.29 is 22.7 Å². The molecule has 4 N–H and O–H groups in total. The summed E-state index contributed by atoms with van der Waals surface area (Å²) in [5.41, 5.74) is 5.77. The van der Waals surface area contributed by atoms with Crippen molar-refractivity contribution in [2.45, 2.75) is 6.18 Å². The highest BCUT2D eigenvalue weighted by atomic mass is 19.4. The quantitative estimate of drug-likeness (QED) is 0.414. The molecule has 0 spiro atoms. The Bertz CT molecular complexity index is 1440. The molecule has 12 heteroatoms. The van der Waals surface area contributed by atoms with Crippen LogP contribution in [0.4, 0.5) is 35.2 Å². The minimum absolute atomic E-state index is 0.0488. The van der Waals surface area contributed by atoms with E-state index in [1.54, 1.807) is 28.8 Å². The molecule has 2 aromatic heterocycles. The zero-order valence-corrected chi connectivity index (χ0v) is 17.6. The van der Waals surface area contributed by atoms with E-state index in [4.69, 9.17) is 10.5 Å². The fourth-order valence-corrected chi connectivity index (χ4v) is 3.26. The van der Waals surface area contributed by atoms with E-state index in [9.17, 15) is 22.8 Å². The van der Waals surface area contributed by atoms with Gasteiger partial charge < -0.3 is 25.7 Å². The lowest BCUT2D eigenvalue weighted by Gasteiger charge is -2.14. The Morgan fingerprint density at radius 2 is 1.74 bits per heavy atom. The number of aromatic nitrogens is 3. The van der Waals surface area contributed by atoms with Gasteiger partial charge >= 0.3 is 12.2 Å². The van der Waals surface area contributed by atoms with Crippen LogP contribution in [-0.4, -0.2) is 27.7 Å². The summed E-state index contributed by atoms with van der Waals surface area (Å²) in [7, 11) is 1.23. The molecule has 0 radical (unpaired) electrons. The van der Waals surface area contributed by atoms with Crippen LogP contribution >= 0.6 is 0 Å². The number of ether oxygens (including phenoxy) is 1. The van der Waals surface area contributed by atoms with Crippen molar-refractivity contribution in [3.63, 3.8) is 0 Å². The average molecular weight is 470 g/mol. The second kappa shape index (κ2) is 8.73. The topological polar surface area (TPSA) is 124 Å². The van der Waals surface area contributed by atoms with Gasteiger partial charge in [0.05, 0.1) is 12.7 Å². The third-order valence-corrected chi connectivity index (χ3v) is 4.84. The number of alkyl halides is 3. The van der Waals surface area contributed by atoms with Gasteiger partial charge in [-0.2, -0.15) is 13.2 Å². The van der Waals surface area contributed by atoms with E-state index >= 15 is 0 Å². The lowest BCUT2D eigenvalue weighted by molar-refractivity contribution is -0.137. The smallest absolute Gasteiger partial charge is 0.416 e. The molecule has 2 amide bonds. The van der Waals surface area contributed by atoms with Gasteiger partial charge in [0, 0.05) is 35.4 Å². The number of carbonyl (C=O) groups is 1. The Labute approximate surface area is 190 Å². The summed E-state index contributed by atoms with van der Waals surface area (Å²) in [4.78, 5) is 32.4. The highest BCUT2D eigenvalue weighted by Gasteiger charge is 2.31. The molecule has 0 aliphatic rings. The monoisotopic (exact) mass is 470 g/mol. The number of rotatable bonds is 4. The van der Waals surface area contributed by atoms with Crippen LogP contribution in [0.1, 0.15) is 5.56 Å². The maximum atomic E-state index is 13.1. The van der Waals surface area contributed by atoms with Crippen molar-refractivity contribution in [2.75, 3.05) is 23.5 Å². The lowest BCUT2D eigenvalue weighted by Crippen LogP contribution is -2.20. The van der Waals surface area contributed by atoms with E-state index < -0.39 is 17.8 Å². The summed E-state index contributed by atoms with van der Waals surface area (Å²) in [6.07, 6.45) is -1.82. The molecule has 0 saturated heterocycles. The van der Waals surface area contributed by atoms with Crippen molar-refractivity contribution in [1.29, 1.82) is 0 Å². The van der Waals surface area contributed by atoms with Crippen LogP contribution in [0.25, 0.3) is 16.7 Å². The number of hydrogen-bond acceptors (Lipinski definition) is 6. The molecular formula is C22H17F3N6O3. The lowest BCUT2D eigenvalue weighted by atomic mass is 10.2. The van der Waals surface area contributed by atoms with Gasteiger partial charge in [0.2, 0.25) is 0 Å². The molecule has 0 aliphatic heterocycles. The number of nitrogens with two attached hydrogens (primary N) is 1. The van der Waals surface area contributed by atoms with E-state index in [-0.39, 0.29) is 28.1 Å². The largest absolute Gasteiger partial charge is 0.497 e. The molecule has 2 aromatic carbocycles. The predicted octanol–water partition coefficient (Wildman–Crippen LogP) is 4.03. The first-order valence-electron chi connectivity index (χ1n) is 9.72. The number of urea groups is 1. The van der Waals surface area contributed by atoms with Crippen molar-refractivity contribution in [3.8, 4) is 11.4 Å². The molecule has 34 heavy (non-hydrogen) atoms. The average Bonchev–Trinajstić information content (AvgIpc) is 2.79. The fourth-order valence-electron chi connectivity index (χ4n) is 3.26. The van der Waals surface area contributed by atoms with Crippen molar-refractivity contribution >= 4 is 34.3 Å². The Hall–Kier alpha value is -4.61. The minimum atomic E-state index is -4.60. The van der Waals surface area contributed by atoms with Crippen molar-refractivity contribution in [3.05, 3.63) is 76.8 Å². The first kappa shape index (κ1) is 22.6. The van der Waals surface area contributed by atoms with Crippen LogP contribution in [0.3, 0.4) is 0 Å². The summed E-state index contributed by atoms with van der Waals surface area (Å²) in [6.45, 7) is 0. The maximum Gasteiger partial charge on any atom is 0.416 e. The normalized spacial score (nSPS) is 11.3. The SMILES string of the molecule is COc1cc(NC(=O)Nc2ccc(-n3ccc(=O)c4c(N)ncnc43)cc2)cc(C(F)(F)F)c1. The highest BCUT2D eigenvalue weighted by Crippen LogP contribution is 2.34. The van der Waals surface area contributed by atoms with Gasteiger partial charge in [-0.1, -0.05) is 0 Å². The molecular weight excluding hydrogens is 453 g/mol. The third kappa shape index (κ3) is 4.60. The van der Waals surface area contributed by atoms with Crippen LogP contribution in [0.5, 0.6) is 5.75 Å². The summed E-state index contributed by atoms with van der Waals surface area (Å²) in [5.74, 6) is 0.0119. The van der Waals surface area contributed by atoms with Gasteiger partial charge in [0.1, 0.15) is 23.3 Å². The summed E-state index contributed by atoms with van der Waals surface area (Å²) in [5, 5.41) is 5.09. The Balaban J connectivity index is 1.54. The molecule has 0 saturated carbocycles. The summed E-state index contributed by atoms with van der Waals surface area (Å²) in [6, 6.07) is 9.98. The van der Waals surface area contributed by atoms with Gasteiger partial charge in [0.25, 0.3) is 0 Å². The zero-order valence-electron chi connectivity index (χ0n) is 17.6. The number of methoxy groups -OCH3 is 1. The Morgan fingerprint density at radius 3 is 2.41 bits per heavy atom. The molecule has 0 bridgehead atoms. The number of nitrogen functional groups attached to an aromatic ring is 1. The fraction of sp³-hybridized carbons (Fsp3) is 0.0909. The Kier molecular flexibility index (Phi) is 5.80. The molecule has 174 valence electrons. The molecule has 4 rings (SSSR count). The number of carbonyl (C=O) groups excluding carboxylic acids is 1. The third-order valence-electron chi connectivity index (χ3n) is 4.84. The number of hydrogen-bond donors (Lipinski definition) is 3. The van der Waals surface area contributed by atoms with Crippen molar-refractivity contribution in [1.82, 2.24) is 14.5 Å². The Morgan fingerprint density at radius 1 is 1.03 bits per heavy atom. The van der Waals surface area contributed by atoms with E-state index in [2.05, 4.69) is 20.6 Å². The molecule has 9 nitrogen and oxygen atoms in total. The van der Waals surface area contributed by atoms with Crippen LogP contribution < -0.4 is 26.5 Å². The van der Waals surface area contributed by atoms with Gasteiger partial charge in [-0.15, -0.1) is 0 Å². The number of anilines is 3. The van der Waals surface area contributed by atoms with Crippen LogP contribution in [0.2, 0.25) is 0 Å². The number of fused-ring (bicyclic) bond motifs is 1. The van der Waals surface area contributed by atoms with Crippen LogP contribution in [0, 0.1) is 0 Å². The number of halogens is 3. The van der Waals surface area contributed by atoms with E-state index in [0.717, 1.165) is 12.1 Å². The number of nitrogens with zero attached hydrogens (tertiary/aromatic N) is 3. The van der Waals surface area contributed by atoms with E-state index in [0.29, 0.717) is 17.0 Å². The van der Waals surface area contributed by atoms with Gasteiger partial charge in [-0.3, -0.25) is 4.79 Å².